The molecule has 1 unspecified atom stereocenters. The van der Waals surface area contributed by atoms with Crippen molar-refractivity contribution in [3.63, 3.8) is 0 Å². The maximum Gasteiger partial charge on any atom is 0.106 e. The average Bonchev–Trinajstić information content (AvgIpc) is 2.38. The molecule has 1 heterocycles. The molecule has 98 valence electrons. The fourth-order valence-corrected chi connectivity index (χ4v) is 2.33. The fraction of sp³-hybridized carbons (Fsp3) is 0.462. The number of rotatable bonds is 3. The quantitative estimate of drug-likeness (QED) is 0.794. The molecule has 0 amide bonds. The van der Waals surface area contributed by atoms with Crippen molar-refractivity contribution in [3.8, 4) is 0 Å². The Kier molecular flexibility index (Phi) is 4.16. The summed E-state index contributed by atoms with van der Waals surface area (Å²) < 4.78 is 5.45. The summed E-state index contributed by atoms with van der Waals surface area (Å²) in [6.45, 7) is 4.13. The van der Waals surface area contributed by atoms with Gasteiger partial charge in [-0.15, -0.1) is 0 Å². The summed E-state index contributed by atoms with van der Waals surface area (Å²) in [7, 11) is 0. The third kappa shape index (κ3) is 2.80. The largest absolute Gasteiger partial charge is 0.394 e. The van der Waals surface area contributed by atoms with Crippen LogP contribution in [-0.4, -0.2) is 42.5 Å². The lowest BCUT2D eigenvalue weighted by Gasteiger charge is -2.35. The Labute approximate surface area is 112 Å². The highest BCUT2D eigenvalue weighted by atomic mass is 32.1. The minimum Gasteiger partial charge on any atom is -0.394 e. The van der Waals surface area contributed by atoms with Crippen LogP contribution in [0.5, 0.6) is 0 Å². The molecule has 1 aromatic rings. The molecule has 1 saturated heterocycles. The molecule has 1 atom stereocenters. The predicted molar refractivity (Wildman–Crippen MR) is 76.1 cm³/mol. The maximum atomic E-state index is 9.19. The summed E-state index contributed by atoms with van der Waals surface area (Å²) in [6.07, 6.45) is -0.140. The number of thiocarbonyl (C=S) groups is 1. The van der Waals surface area contributed by atoms with E-state index >= 15 is 0 Å². The van der Waals surface area contributed by atoms with Crippen LogP contribution in [0, 0.1) is 6.92 Å². The van der Waals surface area contributed by atoms with Crippen LogP contribution in [0.1, 0.15) is 11.1 Å². The number of aliphatic hydroxyl groups is 1. The molecule has 5 heteroatoms. The highest BCUT2D eigenvalue weighted by Crippen LogP contribution is 2.24. The second kappa shape index (κ2) is 5.65. The molecule has 0 saturated carbocycles. The number of nitrogens with zero attached hydrogens (tertiary/aromatic N) is 1. The first-order valence-electron chi connectivity index (χ1n) is 5.99. The van der Waals surface area contributed by atoms with Gasteiger partial charge in [-0.25, -0.2) is 0 Å². The minimum absolute atomic E-state index is 0.0325. The van der Waals surface area contributed by atoms with Gasteiger partial charge in [0.15, 0.2) is 0 Å². The second-order valence-corrected chi connectivity index (χ2v) is 4.95. The summed E-state index contributed by atoms with van der Waals surface area (Å²) in [5.41, 5.74) is 8.84. The Bertz CT molecular complexity index is 451. The van der Waals surface area contributed by atoms with Crippen LogP contribution in [0.2, 0.25) is 0 Å². The van der Waals surface area contributed by atoms with E-state index in [2.05, 4.69) is 11.0 Å². The van der Waals surface area contributed by atoms with Gasteiger partial charge in [0.05, 0.1) is 19.3 Å². The molecule has 0 aliphatic carbocycles. The zero-order valence-electron chi connectivity index (χ0n) is 10.4. The smallest absolute Gasteiger partial charge is 0.106 e. The number of ether oxygens (including phenoxy) is 1. The Balaban J connectivity index is 2.31. The minimum atomic E-state index is -0.140. The number of morpholine rings is 1. The Morgan fingerprint density at radius 3 is 3.06 bits per heavy atom. The molecule has 4 nitrogen and oxygen atoms in total. The summed E-state index contributed by atoms with van der Waals surface area (Å²) in [5.74, 6) is 0. The Morgan fingerprint density at radius 1 is 1.61 bits per heavy atom. The van der Waals surface area contributed by atoms with E-state index < -0.39 is 0 Å². The van der Waals surface area contributed by atoms with E-state index in [1.165, 1.54) is 0 Å². The molecule has 1 aliphatic rings. The van der Waals surface area contributed by atoms with Crippen molar-refractivity contribution in [2.24, 2.45) is 5.73 Å². The molecular formula is C13H18N2O2S. The van der Waals surface area contributed by atoms with Crippen LogP contribution in [-0.2, 0) is 4.74 Å². The molecule has 1 aliphatic heterocycles. The van der Waals surface area contributed by atoms with Crippen LogP contribution in [0.25, 0.3) is 0 Å². The molecule has 0 aromatic heterocycles. The van der Waals surface area contributed by atoms with Gasteiger partial charge in [0.25, 0.3) is 0 Å². The van der Waals surface area contributed by atoms with Gasteiger partial charge < -0.3 is 20.5 Å². The van der Waals surface area contributed by atoms with Gasteiger partial charge in [-0.1, -0.05) is 18.3 Å². The lowest BCUT2D eigenvalue weighted by Crippen LogP contribution is -2.44. The van der Waals surface area contributed by atoms with Crippen LogP contribution in [0.15, 0.2) is 18.2 Å². The van der Waals surface area contributed by atoms with Crippen molar-refractivity contribution in [3.05, 3.63) is 29.3 Å². The molecule has 1 aromatic carbocycles. The summed E-state index contributed by atoms with van der Waals surface area (Å²) >= 11 is 5.09. The molecule has 18 heavy (non-hydrogen) atoms. The number of hydrogen-bond acceptors (Lipinski definition) is 4. The van der Waals surface area contributed by atoms with Crippen LogP contribution < -0.4 is 10.6 Å². The van der Waals surface area contributed by atoms with E-state index in [0.717, 1.165) is 23.4 Å². The molecule has 0 bridgehead atoms. The molecule has 2 rings (SSSR count). The Morgan fingerprint density at radius 2 is 2.39 bits per heavy atom. The molecule has 0 spiro atoms. The van der Waals surface area contributed by atoms with Crippen molar-refractivity contribution in [2.75, 3.05) is 31.2 Å². The van der Waals surface area contributed by atoms with E-state index in [4.69, 9.17) is 22.7 Å². The molecule has 3 N–H and O–H groups in total. The number of nitrogens with two attached hydrogens (primary N) is 1. The standard InChI is InChI=1S/C13H18N2O2S/c1-9-2-3-11(13(14)18)12(6-9)15-4-5-17-10(7-15)8-16/h2-3,6,10,16H,4-5,7-8H2,1H3,(H2,14,18). The van der Waals surface area contributed by atoms with Crippen molar-refractivity contribution in [1.82, 2.24) is 0 Å². The van der Waals surface area contributed by atoms with E-state index in [-0.39, 0.29) is 12.7 Å². The first-order chi connectivity index (χ1) is 8.61. The fourth-order valence-electron chi connectivity index (χ4n) is 2.16. The second-order valence-electron chi connectivity index (χ2n) is 4.51. The van der Waals surface area contributed by atoms with E-state index in [1.54, 1.807) is 0 Å². The third-order valence-corrected chi connectivity index (χ3v) is 3.32. The summed E-state index contributed by atoms with van der Waals surface area (Å²) in [6, 6.07) is 6.03. The van der Waals surface area contributed by atoms with E-state index in [0.29, 0.717) is 18.1 Å². The predicted octanol–water partition coefficient (Wildman–Crippen LogP) is 0.827. The van der Waals surface area contributed by atoms with Gasteiger partial charge in [-0.2, -0.15) is 0 Å². The monoisotopic (exact) mass is 266 g/mol. The van der Waals surface area contributed by atoms with E-state index in [1.807, 2.05) is 19.1 Å². The van der Waals surface area contributed by atoms with Gasteiger partial charge in [0.2, 0.25) is 0 Å². The van der Waals surface area contributed by atoms with Crippen LogP contribution in [0.4, 0.5) is 5.69 Å². The van der Waals surface area contributed by atoms with Crippen molar-refractivity contribution in [1.29, 1.82) is 0 Å². The topological polar surface area (TPSA) is 58.7 Å². The number of aryl methyl sites for hydroxylation is 1. The van der Waals surface area contributed by atoms with Crippen molar-refractivity contribution >= 4 is 22.9 Å². The number of anilines is 1. The average molecular weight is 266 g/mol. The zero-order chi connectivity index (χ0) is 13.1. The number of hydrogen-bond donors (Lipinski definition) is 2. The molecule has 1 fully saturated rings. The van der Waals surface area contributed by atoms with Gasteiger partial charge in [0, 0.05) is 24.3 Å². The summed E-state index contributed by atoms with van der Waals surface area (Å²) in [5, 5.41) is 9.19. The van der Waals surface area contributed by atoms with Gasteiger partial charge in [-0.3, -0.25) is 0 Å². The lowest BCUT2D eigenvalue weighted by molar-refractivity contribution is 0.00356. The van der Waals surface area contributed by atoms with Gasteiger partial charge in [0.1, 0.15) is 4.99 Å². The number of aliphatic hydroxyl groups excluding tert-OH is 1. The SMILES string of the molecule is Cc1ccc(C(N)=S)c(N2CCOC(CO)C2)c1. The zero-order valence-corrected chi connectivity index (χ0v) is 11.2. The maximum absolute atomic E-state index is 9.19. The number of benzene rings is 1. The van der Waals surface area contributed by atoms with E-state index in [9.17, 15) is 5.11 Å². The first-order valence-corrected chi connectivity index (χ1v) is 6.40. The highest BCUT2D eigenvalue weighted by molar-refractivity contribution is 7.80. The Hall–Kier alpha value is -1.17. The molecular weight excluding hydrogens is 248 g/mol. The van der Waals surface area contributed by atoms with Gasteiger partial charge >= 0.3 is 0 Å². The lowest BCUT2D eigenvalue weighted by atomic mass is 10.1. The normalized spacial score (nSPS) is 19.9. The highest BCUT2D eigenvalue weighted by Gasteiger charge is 2.22. The van der Waals surface area contributed by atoms with Crippen LogP contribution >= 0.6 is 12.2 Å². The summed E-state index contributed by atoms with van der Waals surface area (Å²) in [4.78, 5) is 2.57. The third-order valence-electron chi connectivity index (χ3n) is 3.10. The van der Waals surface area contributed by atoms with Gasteiger partial charge in [-0.05, 0) is 24.6 Å². The van der Waals surface area contributed by atoms with Crippen LogP contribution in [0.3, 0.4) is 0 Å². The molecule has 0 radical (unpaired) electrons. The van der Waals surface area contributed by atoms with Crippen molar-refractivity contribution < 1.29 is 9.84 Å². The van der Waals surface area contributed by atoms with Crippen molar-refractivity contribution in [2.45, 2.75) is 13.0 Å². The first kappa shape index (κ1) is 13.3.